The topological polar surface area (TPSA) is 43.6 Å². The zero-order valence-electron chi connectivity index (χ0n) is 30.6. The van der Waals surface area contributed by atoms with Crippen LogP contribution in [0.4, 0.5) is 0 Å². The summed E-state index contributed by atoms with van der Waals surface area (Å²) < 4.78 is 54.6. The highest BCUT2D eigenvalue weighted by Crippen LogP contribution is 2.50. The number of fused-ring (bicyclic) bond motifs is 6. The van der Waals surface area contributed by atoms with E-state index >= 15 is 0 Å². The molecule has 0 saturated carbocycles. The minimum absolute atomic E-state index is 0.235. The lowest BCUT2D eigenvalue weighted by Crippen LogP contribution is -2.15. The summed E-state index contributed by atoms with van der Waals surface area (Å²) >= 11 is 0. The van der Waals surface area contributed by atoms with Crippen LogP contribution in [0.5, 0.6) is 0 Å². The van der Waals surface area contributed by atoms with Crippen LogP contribution in [0.1, 0.15) is 33.1 Å². The van der Waals surface area contributed by atoms with E-state index in [4.69, 9.17) is 23.2 Å². The molecule has 0 bridgehead atoms. The standard InChI is InChI=1S/C42H30N4/c1-42(2)35-19-11-9-17-31(35)33-25-34-32-18-10-12-20-37(32)46(38(34)26-36(33)42)41-44-39(29-15-7-4-8-16-29)43-40(45-41)30-23-21-28(22-24-30)27-13-5-3-6-14-27/h3-26H,1-2H3/i1D3,2D3. The van der Waals surface area contributed by atoms with E-state index < -0.39 is 19.1 Å². The highest BCUT2D eigenvalue weighted by molar-refractivity contribution is 6.11. The fourth-order valence-corrected chi connectivity index (χ4v) is 6.71. The van der Waals surface area contributed by atoms with Gasteiger partial charge >= 0.3 is 0 Å². The molecular formula is C42H30N4. The van der Waals surface area contributed by atoms with Gasteiger partial charge < -0.3 is 0 Å². The maximum atomic E-state index is 8.78. The Morgan fingerprint density at radius 1 is 0.478 bits per heavy atom. The maximum Gasteiger partial charge on any atom is 0.238 e. The second-order valence-electron chi connectivity index (χ2n) is 11.7. The van der Waals surface area contributed by atoms with E-state index in [9.17, 15) is 0 Å². The summed E-state index contributed by atoms with van der Waals surface area (Å²) in [6.07, 6.45) is 0. The van der Waals surface area contributed by atoms with Crippen molar-refractivity contribution in [3.8, 4) is 51.0 Å². The molecule has 0 atom stereocenters. The highest BCUT2D eigenvalue weighted by Gasteiger charge is 2.36. The van der Waals surface area contributed by atoms with E-state index in [1.54, 1.807) is 18.2 Å². The third-order valence-electron chi connectivity index (χ3n) is 8.94. The first-order valence-corrected chi connectivity index (χ1v) is 15.2. The van der Waals surface area contributed by atoms with Crippen LogP contribution < -0.4 is 0 Å². The normalized spacial score (nSPS) is 15.7. The largest absolute Gasteiger partial charge is 0.278 e. The third kappa shape index (κ3) is 4.04. The third-order valence-corrected chi connectivity index (χ3v) is 8.94. The SMILES string of the molecule is [2H]C([2H])([2H])C1(C([2H])([2H])[2H])c2ccccc2-c2cc3c4ccccc4n(-c4nc(-c5ccccc5)nc(-c5ccc(-c6ccccc6)cc5)n4)c3cc21. The number of hydrogen-bond donors (Lipinski definition) is 0. The average Bonchev–Trinajstić information content (AvgIpc) is 3.65. The average molecular weight is 597 g/mol. The lowest BCUT2D eigenvalue weighted by atomic mass is 9.82. The van der Waals surface area contributed by atoms with Crippen molar-refractivity contribution >= 4 is 21.8 Å². The van der Waals surface area contributed by atoms with Crippen molar-refractivity contribution in [2.24, 2.45) is 0 Å². The Hall–Kier alpha value is -5.87. The quantitative estimate of drug-likeness (QED) is 0.203. The van der Waals surface area contributed by atoms with Crippen LogP contribution in [0.2, 0.25) is 0 Å². The van der Waals surface area contributed by atoms with E-state index in [1.807, 2.05) is 120 Å². The van der Waals surface area contributed by atoms with Gasteiger partial charge in [-0.05, 0) is 51.6 Å². The van der Waals surface area contributed by atoms with Crippen molar-refractivity contribution in [1.82, 2.24) is 19.5 Å². The van der Waals surface area contributed by atoms with E-state index in [2.05, 4.69) is 12.1 Å². The molecular weight excluding hydrogens is 560 g/mol. The van der Waals surface area contributed by atoms with Gasteiger partial charge in [0.25, 0.3) is 0 Å². The molecule has 0 saturated heterocycles. The van der Waals surface area contributed by atoms with Crippen molar-refractivity contribution in [2.75, 3.05) is 0 Å². The molecule has 2 aromatic heterocycles. The first-order valence-electron chi connectivity index (χ1n) is 18.2. The fourth-order valence-electron chi connectivity index (χ4n) is 6.71. The van der Waals surface area contributed by atoms with E-state index in [-0.39, 0.29) is 11.1 Å². The predicted molar refractivity (Wildman–Crippen MR) is 188 cm³/mol. The summed E-state index contributed by atoms with van der Waals surface area (Å²) in [6.45, 7) is -5.78. The first kappa shape index (κ1) is 21.0. The number of aromatic nitrogens is 4. The van der Waals surface area contributed by atoms with Gasteiger partial charge in [-0.1, -0.05) is 141 Å². The summed E-state index contributed by atoms with van der Waals surface area (Å²) in [7, 11) is 0. The van der Waals surface area contributed by atoms with Gasteiger partial charge in [-0.25, -0.2) is 4.98 Å². The summed E-state index contributed by atoms with van der Waals surface area (Å²) in [4.78, 5) is 15.0. The Morgan fingerprint density at radius 3 is 1.80 bits per heavy atom. The molecule has 0 spiro atoms. The summed E-state index contributed by atoms with van der Waals surface area (Å²) in [5, 5.41) is 1.72. The Kier molecular flexibility index (Phi) is 4.59. The van der Waals surface area contributed by atoms with E-state index in [0.717, 1.165) is 38.5 Å². The zero-order chi connectivity index (χ0) is 35.8. The fraction of sp³-hybridized carbons (Fsp3) is 0.0714. The van der Waals surface area contributed by atoms with Gasteiger partial charge in [-0.3, -0.25) is 4.57 Å². The molecule has 0 N–H and O–H groups in total. The van der Waals surface area contributed by atoms with Gasteiger partial charge in [0, 0.05) is 35.5 Å². The minimum Gasteiger partial charge on any atom is -0.278 e. The monoisotopic (exact) mass is 596 g/mol. The number of rotatable bonds is 4. The molecule has 9 rings (SSSR count). The number of para-hydroxylation sites is 1. The van der Waals surface area contributed by atoms with E-state index in [0.29, 0.717) is 34.2 Å². The smallest absolute Gasteiger partial charge is 0.238 e. The first-order chi connectivity index (χ1) is 25.1. The second-order valence-corrected chi connectivity index (χ2v) is 11.7. The van der Waals surface area contributed by atoms with Gasteiger partial charge in [0.1, 0.15) is 0 Å². The van der Waals surface area contributed by atoms with Crippen LogP contribution in [0.15, 0.2) is 146 Å². The molecule has 0 radical (unpaired) electrons. The highest BCUT2D eigenvalue weighted by atomic mass is 15.2. The molecule has 46 heavy (non-hydrogen) atoms. The molecule has 1 aliphatic rings. The lowest BCUT2D eigenvalue weighted by Gasteiger charge is -2.21. The summed E-state index contributed by atoms with van der Waals surface area (Å²) in [5.41, 5.74) is 4.61. The van der Waals surface area contributed by atoms with Crippen LogP contribution in [0.3, 0.4) is 0 Å². The van der Waals surface area contributed by atoms with Crippen LogP contribution in [0.25, 0.3) is 72.8 Å². The molecule has 8 aromatic rings. The van der Waals surface area contributed by atoms with Gasteiger partial charge in [0.15, 0.2) is 11.6 Å². The molecule has 4 heteroatoms. The minimum atomic E-state index is -2.89. The zero-order valence-corrected chi connectivity index (χ0v) is 24.6. The number of nitrogens with zero attached hydrogens (tertiary/aromatic N) is 4. The van der Waals surface area contributed by atoms with Gasteiger partial charge in [-0.15, -0.1) is 0 Å². The van der Waals surface area contributed by atoms with Crippen molar-refractivity contribution in [3.05, 3.63) is 157 Å². The van der Waals surface area contributed by atoms with Gasteiger partial charge in [-0.2, -0.15) is 9.97 Å². The lowest BCUT2D eigenvalue weighted by molar-refractivity contribution is 0.661. The summed E-state index contributed by atoms with van der Waals surface area (Å²) in [5.74, 6) is 1.25. The Labute approximate surface area is 276 Å². The van der Waals surface area contributed by atoms with Crippen LogP contribution in [-0.4, -0.2) is 19.5 Å². The molecule has 1 aliphatic carbocycles. The molecule has 0 aliphatic heterocycles. The molecule has 2 heterocycles. The van der Waals surface area contributed by atoms with Crippen molar-refractivity contribution in [2.45, 2.75) is 19.1 Å². The Morgan fingerprint density at radius 2 is 1.07 bits per heavy atom. The van der Waals surface area contributed by atoms with Gasteiger partial charge in [0.05, 0.1) is 11.0 Å². The predicted octanol–water partition coefficient (Wildman–Crippen LogP) is 10.3. The Balaban J connectivity index is 1.34. The molecule has 0 amide bonds. The molecule has 4 nitrogen and oxygen atoms in total. The number of benzene rings is 6. The van der Waals surface area contributed by atoms with Crippen molar-refractivity contribution in [3.63, 3.8) is 0 Å². The summed E-state index contributed by atoms with van der Waals surface area (Å²) in [6, 6.07) is 46.4. The van der Waals surface area contributed by atoms with E-state index in [1.165, 1.54) is 0 Å². The van der Waals surface area contributed by atoms with Crippen LogP contribution in [-0.2, 0) is 5.41 Å². The second kappa shape index (κ2) is 10.1. The molecule has 0 unspecified atom stereocenters. The van der Waals surface area contributed by atoms with Crippen LogP contribution in [0, 0.1) is 0 Å². The molecule has 6 aromatic carbocycles. The Bertz CT molecular complexity index is 2630. The number of hydrogen-bond acceptors (Lipinski definition) is 3. The van der Waals surface area contributed by atoms with Crippen LogP contribution >= 0.6 is 0 Å². The van der Waals surface area contributed by atoms with Crippen molar-refractivity contribution in [1.29, 1.82) is 0 Å². The molecule has 0 fully saturated rings. The van der Waals surface area contributed by atoms with Gasteiger partial charge in [0.2, 0.25) is 5.95 Å². The maximum absolute atomic E-state index is 8.78. The van der Waals surface area contributed by atoms with Crippen molar-refractivity contribution < 1.29 is 8.22 Å². The molecule has 218 valence electrons.